The van der Waals surface area contributed by atoms with E-state index in [9.17, 15) is 0 Å². The van der Waals surface area contributed by atoms with Crippen LogP contribution < -0.4 is 0 Å². The molecule has 0 saturated carbocycles. The predicted molar refractivity (Wildman–Crippen MR) is 46.2 cm³/mol. The Kier molecular flexibility index (Phi) is 175. The van der Waals surface area contributed by atoms with E-state index in [0.29, 0.717) is 0 Å². The normalized spacial score (nSPS) is 6.11. The first kappa shape index (κ1) is 91.8. The second-order valence-corrected chi connectivity index (χ2v) is 2.45. The maximum absolute atomic E-state index is 8.52. The standard InChI is InChI=1S/Ni.2H2O4S.7H2O.Zn/c;2*1-5(2,3)4;;;;;;;;/h;2*(H2,1,2,3,4);7*1H2;/q+2;;;;;;;;;;+2/p-4. The summed E-state index contributed by atoms with van der Waals surface area (Å²) in [5, 5.41) is 0. The molecule has 0 bridgehead atoms. The maximum atomic E-state index is 8.52. The molecule has 15 nitrogen and oxygen atoms in total. The Labute approximate surface area is 130 Å². The first-order valence-corrected chi connectivity index (χ1v) is 4.00. The van der Waals surface area contributed by atoms with E-state index in [-0.39, 0.29) is 74.3 Å². The van der Waals surface area contributed by atoms with Crippen molar-refractivity contribution >= 4 is 20.8 Å². The molecule has 19 heteroatoms. The molecule has 0 radical (unpaired) electrons. The summed E-state index contributed by atoms with van der Waals surface area (Å²) >= 11 is 0. The van der Waals surface area contributed by atoms with Crippen LogP contribution in [0.2, 0.25) is 0 Å². The van der Waals surface area contributed by atoms with Gasteiger partial charge in [-0.3, -0.25) is 16.8 Å². The topological polar surface area (TPSA) is 381 Å². The molecule has 0 heterocycles. The van der Waals surface area contributed by atoms with Gasteiger partial charge in [-0.25, -0.2) is 0 Å². The van der Waals surface area contributed by atoms with Gasteiger partial charge in [0.15, 0.2) is 0 Å². The molecule has 0 rings (SSSR count). The Balaban J connectivity index is -0.00000000508. The van der Waals surface area contributed by atoms with Crippen LogP contribution in [0, 0.1) is 0 Å². The van der Waals surface area contributed by atoms with E-state index in [4.69, 9.17) is 35.0 Å². The summed E-state index contributed by atoms with van der Waals surface area (Å²) in [6.45, 7) is 0. The van der Waals surface area contributed by atoms with Gasteiger partial charge in [0.05, 0.1) is 0 Å². The molecule has 0 aromatic heterocycles. The molecule has 0 saturated heterocycles. The molecular weight excluding hydrogens is 428 g/mol. The van der Waals surface area contributed by atoms with Crippen LogP contribution in [0.3, 0.4) is 0 Å². The van der Waals surface area contributed by atoms with Crippen LogP contribution in [-0.2, 0) is 56.8 Å². The summed E-state index contributed by atoms with van der Waals surface area (Å²) in [6, 6.07) is 0. The van der Waals surface area contributed by atoms with Crippen molar-refractivity contribution in [2.75, 3.05) is 0 Å². The van der Waals surface area contributed by atoms with E-state index in [1.165, 1.54) is 0 Å². The molecular formula is H14NiO15S2Zn. The minimum atomic E-state index is -5.17. The SMILES string of the molecule is O.O.O.O.O.O.O.O=S(=O)([O-])[O-].O=S(=O)([O-])[O-].[Ni+2].[Zn+2]. The molecule has 0 amide bonds. The van der Waals surface area contributed by atoms with Gasteiger partial charge in [-0.1, -0.05) is 0 Å². The van der Waals surface area contributed by atoms with Crippen molar-refractivity contribution < 1.29 is 109 Å². The van der Waals surface area contributed by atoms with E-state index in [1.54, 1.807) is 0 Å². The van der Waals surface area contributed by atoms with E-state index >= 15 is 0 Å². The Hall–Kier alpha value is 0.577. The van der Waals surface area contributed by atoms with E-state index in [1.807, 2.05) is 0 Å². The Morgan fingerprint density at radius 3 is 0.474 bits per heavy atom. The van der Waals surface area contributed by atoms with Gasteiger partial charge < -0.3 is 56.5 Å². The Bertz CT molecular complexity index is 217. The number of rotatable bonds is 0. The maximum Gasteiger partial charge on any atom is 2.00 e. The molecule has 14 N–H and O–H groups in total. The quantitative estimate of drug-likeness (QED) is 0.196. The predicted octanol–water partition coefficient (Wildman–Crippen LogP) is -8.45. The van der Waals surface area contributed by atoms with Crippen molar-refractivity contribution in [3.05, 3.63) is 0 Å². The smallest absolute Gasteiger partial charge is 0.759 e. The summed E-state index contributed by atoms with van der Waals surface area (Å²) < 4.78 is 68.2. The zero-order valence-corrected chi connectivity index (χ0v) is 14.2. The summed E-state index contributed by atoms with van der Waals surface area (Å²) in [7, 11) is -10.3. The van der Waals surface area contributed by atoms with Crippen molar-refractivity contribution in [2.24, 2.45) is 0 Å². The fraction of sp³-hybridized carbons (Fsp3) is 0. The molecule has 0 aromatic carbocycles. The zero-order chi connectivity index (χ0) is 9.00. The fourth-order valence-electron chi connectivity index (χ4n) is 0. The molecule has 0 atom stereocenters. The Morgan fingerprint density at radius 2 is 0.474 bits per heavy atom. The van der Waals surface area contributed by atoms with Crippen molar-refractivity contribution in [3.8, 4) is 0 Å². The van der Waals surface area contributed by atoms with Crippen molar-refractivity contribution in [1.82, 2.24) is 0 Å². The van der Waals surface area contributed by atoms with Crippen molar-refractivity contribution in [1.29, 1.82) is 0 Å². The average Bonchev–Trinajstić information content (AvgIpc) is 1.12. The van der Waals surface area contributed by atoms with E-state index in [0.717, 1.165) is 0 Å². The zero-order valence-electron chi connectivity index (χ0n) is 8.61. The fourth-order valence-corrected chi connectivity index (χ4v) is 0. The van der Waals surface area contributed by atoms with Crippen LogP contribution in [0.25, 0.3) is 0 Å². The molecule has 19 heavy (non-hydrogen) atoms. The minimum Gasteiger partial charge on any atom is -0.759 e. The summed E-state index contributed by atoms with van der Waals surface area (Å²) in [5.74, 6) is 0. The minimum absolute atomic E-state index is 0. The van der Waals surface area contributed by atoms with Crippen LogP contribution in [0.15, 0.2) is 0 Å². The molecule has 0 unspecified atom stereocenters. The van der Waals surface area contributed by atoms with Gasteiger partial charge in [-0.05, 0) is 0 Å². The Morgan fingerprint density at radius 1 is 0.474 bits per heavy atom. The second kappa shape index (κ2) is 36.3. The van der Waals surface area contributed by atoms with Gasteiger partial charge in [0.25, 0.3) is 0 Å². The first-order valence-electron chi connectivity index (χ1n) is 1.33. The molecule has 128 valence electrons. The molecule has 0 fully saturated rings. The molecule has 0 aliphatic carbocycles. The third-order valence-corrected chi connectivity index (χ3v) is 0. The van der Waals surface area contributed by atoms with Gasteiger partial charge in [-0.2, -0.15) is 0 Å². The second-order valence-electron chi connectivity index (χ2n) is 0.816. The molecule has 0 spiro atoms. The number of hydrogen-bond donors (Lipinski definition) is 0. The summed E-state index contributed by atoms with van der Waals surface area (Å²) in [6.07, 6.45) is 0. The van der Waals surface area contributed by atoms with Gasteiger partial charge in [0.1, 0.15) is 0 Å². The van der Waals surface area contributed by atoms with Crippen molar-refractivity contribution in [2.45, 2.75) is 0 Å². The molecule has 0 aliphatic rings. The van der Waals surface area contributed by atoms with Gasteiger partial charge in [-0.15, -0.1) is 0 Å². The van der Waals surface area contributed by atoms with Crippen molar-refractivity contribution in [3.63, 3.8) is 0 Å². The third-order valence-electron chi connectivity index (χ3n) is 0. The van der Waals surface area contributed by atoms with Crippen LogP contribution >= 0.6 is 0 Å². The summed E-state index contributed by atoms with van der Waals surface area (Å²) in [4.78, 5) is 0. The van der Waals surface area contributed by atoms with E-state index < -0.39 is 20.8 Å². The average molecular weight is 442 g/mol. The van der Waals surface area contributed by atoms with Crippen LogP contribution in [-0.4, -0.2) is 73.4 Å². The monoisotopic (exact) mass is 440 g/mol. The molecule has 0 aromatic rings. The first-order chi connectivity index (χ1) is 4.00. The third kappa shape index (κ3) is 15300. The van der Waals surface area contributed by atoms with Gasteiger partial charge in [0, 0.05) is 20.8 Å². The van der Waals surface area contributed by atoms with Gasteiger partial charge in [0.2, 0.25) is 0 Å². The number of hydrogen-bond acceptors (Lipinski definition) is 8. The van der Waals surface area contributed by atoms with Crippen LogP contribution in [0.1, 0.15) is 0 Å². The summed E-state index contributed by atoms with van der Waals surface area (Å²) in [5.41, 5.74) is 0. The van der Waals surface area contributed by atoms with Gasteiger partial charge >= 0.3 is 36.0 Å². The van der Waals surface area contributed by atoms with Crippen LogP contribution in [0.4, 0.5) is 0 Å². The molecule has 0 aliphatic heterocycles. The largest absolute Gasteiger partial charge is 2.00 e. The van der Waals surface area contributed by atoms with Crippen LogP contribution in [0.5, 0.6) is 0 Å². The van der Waals surface area contributed by atoms with E-state index in [2.05, 4.69) is 0 Å².